The van der Waals surface area contributed by atoms with Crippen molar-refractivity contribution in [3.8, 4) is 23.0 Å². The second-order valence-electron chi connectivity index (χ2n) is 5.40. The summed E-state index contributed by atoms with van der Waals surface area (Å²) < 4.78 is 37.5. The van der Waals surface area contributed by atoms with E-state index in [1.807, 2.05) is 36.4 Å². The van der Waals surface area contributed by atoms with Gasteiger partial charge in [-0.25, -0.2) is 8.78 Å². The first-order chi connectivity index (χ1) is 12.1. The van der Waals surface area contributed by atoms with Gasteiger partial charge in [-0.05, 0) is 42.0 Å². The zero-order chi connectivity index (χ0) is 17.6. The molecule has 0 fully saturated rings. The molecular formula is C20H18ClF2NO2. The molecule has 0 aliphatic heterocycles. The molecule has 0 aliphatic rings. The van der Waals surface area contributed by atoms with Crippen molar-refractivity contribution in [1.82, 2.24) is 0 Å². The van der Waals surface area contributed by atoms with Gasteiger partial charge in [0.2, 0.25) is 0 Å². The summed E-state index contributed by atoms with van der Waals surface area (Å²) in [4.78, 5) is 0. The van der Waals surface area contributed by atoms with Crippen molar-refractivity contribution in [3.05, 3.63) is 84.4 Å². The third-order valence-electron chi connectivity index (χ3n) is 3.57. The summed E-state index contributed by atoms with van der Waals surface area (Å²) in [5.74, 6) is 1.93. The summed E-state index contributed by atoms with van der Waals surface area (Å²) in [5.41, 5.74) is 5.84. The maximum atomic E-state index is 12.9. The van der Waals surface area contributed by atoms with E-state index < -0.39 is 12.5 Å². The third kappa shape index (κ3) is 4.94. The highest BCUT2D eigenvalue weighted by Crippen LogP contribution is 2.37. The van der Waals surface area contributed by atoms with Crippen molar-refractivity contribution < 1.29 is 18.3 Å². The summed E-state index contributed by atoms with van der Waals surface area (Å²) in [6.07, 6.45) is -2.66. The first-order valence-electron chi connectivity index (χ1n) is 7.77. The van der Waals surface area contributed by atoms with Crippen LogP contribution in [0.1, 0.15) is 11.6 Å². The lowest BCUT2D eigenvalue weighted by molar-refractivity contribution is 0.116. The fourth-order valence-electron chi connectivity index (χ4n) is 2.27. The molecule has 0 saturated carbocycles. The molecule has 1 atom stereocenters. The Bertz CT molecular complexity index is 817. The maximum absolute atomic E-state index is 12.9. The summed E-state index contributed by atoms with van der Waals surface area (Å²) in [6, 6.07) is 21.4. The molecule has 136 valence electrons. The lowest BCUT2D eigenvalue weighted by Gasteiger charge is -2.16. The van der Waals surface area contributed by atoms with E-state index in [-0.39, 0.29) is 18.0 Å². The van der Waals surface area contributed by atoms with Crippen molar-refractivity contribution in [2.75, 3.05) is 0 Å². The Balaban J connectivity index is 0.00000243. The van der Waals surface area contributed by atoms with Gasteiger partial charge in [0.25, 0.3) is 6.43 Å². The molecule has 26 heavy (non-hydrogen) atoms. The average Bonchev–Trinajstić information content (AvgIpc) is 2.64. The van der Waals surface area contributed by atoms with E-state index in [4.69, 9.17) is 15.2 Å². The molecule has 3 rings (SSSR count). The van der Waals surface area contributed by atoms with Gasteiger partial charge in [-0.2, -0.15) is 0 Å². The molecule has 3 aromatic rings. The topological polar surface area (TPSA) is 44.5 Å². The Morgan fingerprint density at radius 3 is 1.69 bits per heavy atom. The van der Waals surface area contributed by atoms with E-state index in [0.29, 0.717) is 23.0 Å². The lowest BCUT2D eigenvalue weighted by atomic mass is 10.1. The number of para-hydroxylation sites is 2. The van der Waals surface area contributed by atoms with Crippen molar-refractivity contribution in [2.24, 2.45) is 5.73 Å². The molecule has 3 nitrogen and oxygen atoms in total. The highest BCUT2D eigenvalue weighted by molar-refractivity contribution is 5.85. The molecule has 0 aliphatic carbocycles. The van der Waals surface area contributed by atoms with Crippen molar-refractivity contribution in [1.29, 1.82) is 0 Å². The van der Waals surface area contributed by atoms with E-state index in [1.165, 1.54) is 12.1 Å². The highest BCUT2D eigenvalue weighted by Gasteiger charge is 2.20. The van der Waals surface area contributed by atoms with Crippen molar-refractivity contribution >= 4 is 12.4 Å². The molecular weight excluding hydrogens is 360 g/mol. The summed E-state index contributed by atoms with van der Waals surface area (Å²) in [7, 11) is 0. The van der Waals surface area contributed by atoms with Crippen molar-refractivity contribution in [3.63, 3.8) is 0 Å². The van der Waals surface area contributed by atoms with E-state index in [2.05, 4.69) is 0 Å². The number of halogens is 3. The highest BCUT2D eigenvalue weighted by atomic mass is 35.5. The minimum absolute atomic E-state index is 0. The predicted octanol–water partition coefficient (Wildman–Crippen LogP) is 5.96. The zero-order valence-corrected chi connectivity index (χ0v) is 14.5. The van der Waals surface area contributed by atoms with Gasteiger partial charge in [0, 0.05) is 0 Å². The number of ether oxygens (including phenoxy) is 2. The Hall–Kier alpha value is -2.63. The molecule has 0 bridgehead atoms. The van der Waals surface area contributed by atoms with Crippen LogP contribution in [0.25, 0.3) is 0 Å². The van der Waals surface area contributed by atoms with Gasteiger partial charge in [0.15, 0.2) is 11.5 Å². The number of benzene rings is 3. The van der Waals surface area contributed by atoms with Crippen LogP contribution in [0.15, 0.2) is 78.9 Å². The molecule has 3 aromatic carbocycles. The molecule has 0 radical (unpaired) electrons. The SMILES string of the molecule is Cl.N[C@@H](c1ccc(Oc2ccccc2)c(Oc2ccccc2)c1)C(F)F. The third-order valence-corrected chi connectivity index (χ3v) is 3.57. The van der Waals surface area contributed by atoms with Gasteiger partial charge in [0.1, 0.15) is 11.5 Å². The van der Waals surface area contributed by atoms with Crippen LogP contribution in [0.4, 0.5) is 8.78 Å². The number of alkyl halides is 2. The van der Waals surface area contributed by atoms with E-state index in [9.17, 15) is 8.78 Å². The lowest BCUT2D eigenvalue weighted by Crippen LogP contribution is -2.18. The number of hydrogen-bond acceptors (Lipinski definition) is 3. The predicted molar refractivity (Wildman–Crippen MR) is 99.7 cm³/mol. The van der Waals surface area contributed by atoms with Gasteiger partial charge < -0.3 is 15.2 Å². The average molecular weight is 378 g/mol. The normalized spacial score (nSPS) is 11.5. The Morgan fingerprint density at radius 1 is 0.692 bits per heavy atom. The van der Waals surface area contributed by atoms with E-state index in [1.54, 1.807) is 30.3 Å². The number of nitrogens with two attached hydrogens (primary N) is 1. The van der Waals surface area contributed by atoms with Crippen LogP contribution >= 0.6 is 12.4 Å². The van der Waals surface area contributed by atoms with Gasteiger partial charge in [0.05, 0.1) is 6.04 Å². The fourth-order valence-corrected chi connectivity index (χ4v) is 2.27. The molecule has 0 unspecified atom stereocenters. The Morgan fingerprint density at radius 2 is 1.19 bits per heavy atom. The van der Waals surface area contributed by atoms with Crippen LogP contribution < -0.4 is 15.2 Å². The van der Waals surface area contributed by atoms with Gasteiger partial charge in [-0.1, -0.05) is 42.5 Å². The molecule has 0 amide bonds. The quantitative estimate of drug-likeness (QED) is 0.576. The van der Waals surface area contributed by atoms with Crippen LogP contribution in [0.2, 0.25) is 0 Å². The van der Waals surface area contributed by atoms with Gasteiger partial charge >= 0.3 is 0 Å². The van der Waals surface area contributed by atoms with Crippen LogP contribution in [0.3, 0.4) is 0 Å². The molecule has 0 aromatic heterocycles. The molecule has 2 N–H and O–H groups in total. The van der Waals surface area contributed by atoms with E-state index >= 15 is 0 Å². The first-order valence-corrected chi connectivity index (χ1v) is 7.77. The van der Waals surface area contributed by atoms with Crippen LogP contribution in [0.5, 0.6) is 23.0 Å². The second-order valence-corrected chi connectivity index (χ2v) is 5.40. The van der Waals surface area contributed by atoms with Crippen LogP contribution in [0, 0.1) is 0 Å². The molecule has 0 heterocycles. The Labute approximate surface area is 156 Å². The van der Waals surface area contributed by atoms with Gasteiger partial charge in [-0.15, -0.1) is 12.4 Å². The zero-order valence-electron chi connectivity index (χ0n) is 13.7. The first kappa shape index (κ1) is 19.7. The van der Waals surface area contributed by atoms with Crippen LogP contribution in [-0.4, -0.2) is 6.43 Å². The molecule has 0 saturated heterocycles. The summed E-state index contributed by atoms with van der Waals surface area (Å²) >= 11 is 0. The maximum Gasteiger partial charge on any atom is 0.257 e. The monoisotopic (exact) mass is 377 g/mol. The second kappa shape index (κ2) is 9.17. The van der Waals surface area contributed by atoms with Gasteiger partial charge in [-0.3, -0.25) is 0 Å². The minimum atomic E-state index is -2.66. The smallest absolute Gasteiger partial charge is 0.257 e. The molecule has 0 spiro atoms. The van der Waals surface area contributed by atoms with Crippen LogP contribution in [-0.2, 0) is 0 Å². The largest absolute Gasteiger partial charge is 0.453 e. The number of hydrogen-bond donors (Lipinski definition) is 1. The minimum Gasteiger partial charge on any atom is -0.453 e. The standard InChI is InChI=1S/C20H17F2NO2.ClH/c21-20(22)19(23)14-11-12-17(24-15-7-3-1-4-8-15)18(13-14)25-16-9-5-2-6-10-16;/h1-13,19-20H,23H2;1H/t19-;/m0./s1. The Kier molecular flexibility index (Phi) is 6.95. The van der Waals surface area contributed by atoms with Crippen molar-refractivity contribution in [2.45, 2.75) is 12.5 Å². The fraction of sp³-hybridized carbons (Fsp3) is 0.100. The van der Waals surface area contributed by atoms with E-state index in [0.717, 1.165) is 0 Å². The number of rotatable bonds is 6. The molecule has 6 heteroatoms. The summed E-state index contributed by atoms with van der Waals surface area (Å²) in [6.45, 7) is 0. The summed E-state index contributed by atoms with van der Waals surface area (Å²) in [5, 5.41) is 0.